The van der Waals surface area contributed by atoms with Crippen LogP contribution in [0, 0.1) is 16.7 Å². The average Bonchev–Trinajstić information content (AvgIpc) is 2.63. The Balaban J connectivity index is 2.68. The van der Waals surface area contributed by atoms with E-state index < -0.39 is 20.5 Å². The molecule has 0 spiro atoms. The molecule has 0 aromatic carbocycles. The lowest BCUT2D eigenvalue weighted by Crippen LogP contribution is -2.49. The molecule has 1 saturated carbocycles. The van der Waals surface area contributed by atoms with Crippen molar-refractivity contribution >= 4 is 81.2 Å². The molecule has 0 N–H and O–H groups in total. The molecule has 2 aliphatic rings. The molecule has 2 rings (SSSR count). The van der Waals surface area contributed by atoms with Crippen LogP contribution in [-0.2, 0) is 0 Å². The molecule has 17 heavy (non-hydrogen) atoms. The molecule has 0 aromatic rings. The predicted molar refractivity (Wildman–Crippen MR) is 78.5 cm³/mol. The second-order valence-electron chi connectivity index (χ2n) is 4.56. The number of fused-ring (bicyclic) bond motifs is 2. The summed E-state index contributed by atoms with van der Waals surface area (Å²) in [5, 5.41) is 0.0449. The van der Waals surface area contributed by atoms with E-state index in [-0.39, 0.29) is 23.6 Å². The summed E-state index contributed by atoms with van der Waals surface area (Å²) < 4.78 is -1.22. The summed E-state index contributed by atoms with van der Waals surface area (Å²) in [5.74, 6) is 0.431. The van der Waals surface area contributed by atoms with E-state index in [0.29, 0.717) is 5.03 Å². The fraction of sp³-hybridized carbons (Fsp3) is 0.800. The molecule has 98 valence electrons. The highest BCUT2D eigenvalue weighted by Crippen LogP contribution is 2.74. The highest BCUT2D eigenvalue weighted by molar-refractivity contribution is 6.54. The maximum Gasteiger partial charge on any atom is 0.146 e. The SMILES string of the molecule is ClCC1(CCl)[C@@H]2C(Cl)=CC1(CCl)C(Cl)(Cl)[C@@H]2Cl. The Bertz CT molecular complexity index is 360. The van der Waals surface area contributed by atoms with Crippen molar-refractivity contribution in [1.29, 1.82) is 0 Å². The van der Waals surface area contributed by atoms with Gasteiger partial charge in [0.15, 0.2) is 0 Å². The van der Waals surface area contributed by atoms with Crippen LogP contribution in [0.3, 0.4) is 0 Å². The molecular formula is C10H9Cl7. The first-order chi connectivity index (χ1) is 7.84. The van der Waals surface area contributed by atoms with Crippen molar-refractivity contribution in [3.63, 3.8) is 0 Å². The van der Waals surface area contributed by atoms with Crippen LogP contribution in [-0.4, -0.2) is 27.4 Å². The molecule has 0 amide bonds. The Hall–Kier alpha value is 1.77. The fourth-order valence-electron chi connectivity index (χ4n) is 3.01. The number of alkyl halides is 6. The van der Waals surface area contributed by atoms with Crippen molar-refractivity contribution in [2.45, 2.75) is 9.71 Å². The van der Waals surface area contributed by atoms with Crippen molar-refractivity contribution in [2.24, 2.45) is 16.7 Å². The monoisotopic (exact) mass is 374 g/mol. The smallest absolute Gasteiger partial charge is 0.126 e. The van der Waals surface area contributed by atoms with Gasteiger partial charge in [0.1, 0.15) is 4.33 Å². The number of halogens is 7. The van der Waals surface area contributed by atoms with Crippen molar-refractivity contribution in [1.82, 2.24) is 0 Å². The normalized spacial score (nSPS) is 41.7. The summed E-state index contributed by atoms with van der Waals surface area (Å²) in [5.41, 5.74) is -1.38. The molecule has 0 radical (unpaired) electrons. The predicted octanol–water partition coefficient (Wildman–Crippen LogP) is 5.22. The molecule has 0 aromatic heterocycles. The molecular weight excluding hydrogens is 368 g/mol. The fourth-order valence-corrected chi connectivity index (χ4v) is 6.83. The summed E-state index contributed by atoms with van der Waals surface area (Å²) in [7, 11) is 0. The van der Waals surface area contributed by atoms with E-state index in [1.54, 1.807) is 6.08 Å². The third-order valence-corrected chi connectivity index (χ3v) is 7.75. The van der Waals surface area contributed by atoms with Gasteiger partial charge in [-0.3, -0.25) is 0 Å². The Labute approximate surface area is 135 Å². The summed E-state index contributed by atoms with van der Waals surface area (Å²) >= 11 is 43.7. The molecule has 1 unspecified atom stereocenters. The van der Waals surface area contributed by atoms with E-state index in [0.717, 1.165) is 0 Å². The Morgan fingerprint density at radius 3 is 1.94 bits per heavy atom. The van der Waals surface area contributed by atoms with Gasteiger partial charge in [0.25, 0.3) is 0 Å². The van der Waals surface area contributed by atoms with Crippen LogP contribution < -0.4 is 0 Å². The molecule has 3 atom stereocenters. The van der Waals surface area contributed by atoms with Gasteiger partial charge in [0, 0.05) is 39.4 Å². The van der Waals surface area contributed by atoms with Gasteiger partial charge in [-0.15, -0.1) is 46.4 Å². The van der Waals surface area contributed by atoms with Crippen LogP contribution in [0.15, 0.2) is 11.1 Å². The molecule has 0 heterocycles. The highest BCUT2D eigenvalue weighted by Gasteiger charge is 2.77. The lowest BCUT2D eigenvalue weighted by Gasteiger charge is -2.43. The van der Waals surface area contributed by atoms with Gasteiger partial charge in [-0.1, -0.05) is 40.9 Å². The molecule has 2 bridgehead atoms. The average molecular weight is 377 g/mol. The van der Waals surface area contributed by atoms with Gasteiger partial charge < -0.3 is 0 Å². The van der Waals surface area contributed by atoms with E-state index in [1.807, 2.05) is 0 Å². The van der Waals surface area contributed by atoms with Gasteiger partial charge in [-0.05, 0) is 0 Å². The second-order valence-corrected chi connectivity index (χ2v) is 7.65. The van der Waals surface area contributed by atoms with Crippen LogP contribution in [0.5, 0.6) is 0 Å². The zero-order valence-corrected chi connectivity index (χ0v) is 13.8. The summed E-state index contributed by atoms with van der Waals surface area (Å²) in [6.45, 7) is 0. The number of allylic oxidation sites excluding steroid dienone is 2. The summed E-state index contributed by atoms with van der Waals surface area (Å²) in [6.07, 6.45) is 1.79. The molecule has 2 aliphatic carbocycles. The first kappa shape index (κ1) is 15.2. The van der Waals surface area contributed by atoms with Crippen LogP contribution >= 0.6 is 81.2 Å². The van der Waals surface area contributed by atoms with E-state index in [1.165, 1.54) is 0 Å². The van der Waals surface area contributed by atoms with Crippen LogP contribution in [0.4, 0.5) is 0 Å². The minimum Gasteiger partial charge on any atom is -0.126 e. The van der Waals surface area contributed by atoms with Crippen LogP contribution in [0.1, 0.15) is 0 Å². The second kappa shape index (κ2) is 4.65. The zero-order chi connectivity index (χ0) is 13.1. The lowest BCUT2D eigenvalue weighted by atomic mass is 9.69. The zero-order valence-electron chi connectivity index (χ0n) is 8.50. The van der Waals surface area contributed by atoms with E-state index in [2.05, 4.69) is 0 Å². The largest absolute Gasteiger partial charge is 0.146 e. The molecule has 0 saturated heterocycles. The first-order valence-electron chi connectivity index (χ1n) is 4.92. The Morgan fingerprint density at radius 2 is 1.59 bits per heavy atom. The van der Waals surface area contributed by atoms with Gasteiger partial charge in [0.2, 0.25) is 0 Å². The lowest BCUT2D eigenvalue weighted by molar-refractivity contribution is 0.189. The summed E-state index contributed by atoms with van der Waals surface area (Å²) in [4.78, 5) is 0. The van der Waals surface area contributed by atoms with Gasteiger partial charge in [0.05, 0.1) is 5.38 Å². The topological polar surface area (TPSA) is 0 Å². The number of hydrogen-bond acceptors (Lipinski definition) is 0. The summed E-state index contributed by atoms with van der Waals surface area (Å²) in [6, 6.07) is 0. The Morgan fingerprint density at radius 1 is 1.06 bits per heavy atom. The van der Waals surface area contributed by atoms with Gasteiger partial charge >= 0.3 is 0 Å². The Kier molecular flexibility index (Phi) is 4.15. The van der Waals surface area contributed by atoms with Crippen molar-refractivity contribution in [3.05, 3.63) is 11.1 Å². The third-order valence-electron chi connectivity index (χ3n) is 4.09. The van der Waals surface area contributed by atoms with Crippen LogP contribution in [0.25, 0.3) is 0 Å². The number of rotatable bonds is 3. The van der Waals surface area contributed by atoms with Gasteiger partial charge in [-0.25, -0.2) is 0 Å². The van der Waals surface area contributed by atoms with Crippen molar-refractivity contribution < 1.29 is 0 Å². The maximum absolute atomic E-state index is 6.41. The third kappa shape index (κ3) is 1.53. The highest BCUT2D eigenvalue weighted by atomic mass is 35.5. The van der Waals surface area contributed by atoms with Gasteiger partial charge in [-0.2, -0.15) is 0 Å². The minimum atomic E-state index is -1.22. The number of hydrogen-bond donors (Lipinski definition) is 0. The quantitative estimate of drug-likeness (QED) is 0.592. The van der Waals surface area contributed by atoms with E-state index in [4.69, 9.17) is 81.2 Å². The van der Waals surface area contributed by atoms with E-state index in [9.17, 15) is 0 Å². The van der Waals surface area contributed by atoms with E-state index >= 15 is 0 Å². The first-order valence-corrected chi connectivity index (χ1v) is 8.10. The molecule has 0 aliphatic heterocycles. The minimum absolute atomic E-state index is 0.176. The maximum atomic E-state index is 6.41. The molecule has 1 fully saturated rings. The molecule has 0 nitrogen and oxygen atoms in total. The van der Waals surface area contributed by atoms with Crippen molar-refractivity contribution in [2.75, 3.05) is 17.6 Å². The van der Waals surface area contributed by atoms with Crippen molar-refractivity contribution in [3.8, 4) is 0 Å². The standard InChI is InChI=1S/C10H9Cl7/c11-2-8(3-12)6-5(14)1-9(8,4-13)10(16,17)7(6)15/h1,6-7H,2-4H2/t6-,7-,9?/m1/s1. The van der Waals surface area contributed by atoms with Crippen LogP contribution in [0.2, 0.25) is 0 Å². The molecule has 7 heteroatoms.